The van der Waals surface area contributed by atoms with Crippen molar-refractivity contribution in [2.45, 2.75) is 48.0 Å². The molecule has 0 aliphatic heterocycles. The van der Waals surface area contributed by atoms with E-state index in [2.05, 4.69) is 283 Å². The minimum atomic E-state index is -1.00. The molecule has 137 heavy (non-hydrogen) atoms. The SMILES string of the molecule is Cc1ccc(-c2ccc3c(c2)-c2cc(C)ccc2C3)cc1.Cc1ccc(-c2ccc3c(c2)c2cc(C)ccc2n3-c2c(C#N)cc(-c3nc(-c4ccccc4)nc(-c4ccccc4)n3)c(-n3c4ccc(C)cc4c4cc(-c5ccc(C)cc5)ccc43)c2-c2ccccc2)cc1.N#Cc1cc(-c2nc(-c3ccccc3)nc(-c3ccccc3)n2)c(F)c(-c2ccccc2)c1F.O=CO[O-].[2H]CF.[H-].[K+].[K+]. The Morgan fingerprint density at radius 2 is 0.606 bits per heavy atom. The molecule has 0 atom stereocenters. The van der Waals surface area contributed by atoms with Gasteiger partial charge in [0.2, 0.25) is 0 Å². The fourth-order valence-corrected chi connectivity index (χ4v) is 17.7. The average molecular weight is 1840 g/mol. The van der Waals surface area contributed by atoms with Gasteiger partial charge in [-0.2, -0.15) is 10.5 Å². The van der Waals surface area contributed by atoms with Crippen LogP contribution in [-0.4, -0.2) is 52.7 Å². The standard InChI is InChI=1S/C68H48N6.C28H16F2N4.C21H18.CH3F.CH2O3.2K.H/c1-42-20-26-46(27-21-42)51-30-34-61-56(38-51)54-36-44(3)24-32-59(54)73(61)64-53(41-69)40-58(68-71-66(49-16-10-6-11-17-49)70-67(72-68)50-18-12-7-13-19-50)65(63(64)48-14-8-5-9-15-48)74-60-33-25-45(4)37-55(60)57-39-52(31-35-62(57)74)47-28-22-43(2)23-29-47;29-24-21(17-31)16-22(25(30)23(24)18-10-4-1-5-11-18)28-33-26(19-12-6-2-7-13-19)32-27(34-28)20-14-8-3-9-15-20;1-14-3-6-16(7-4-14)17-9-10-19-12-18-8-5-15(2)11-20(18)21(19)13-17;1-2;2-1-4-3;;;/h5-40H,1-4H3;1-16H;3-11,13H,12H2,1-2H3;1H3;1,3H;;;/q;;;;;2*+1;-1/p-1/i;;;1D;;;;. The largest absolute Gasteiger partial charge is 1.00 e. The van der Waals surface area contributed by atoms with Crippen molar-refractivity contribution in [1.29, 1.82) is 10.5 Å². The Balaban J connectivity index is 0.000000184. The number of carbonyl (C=O) groups excluding carboxylic acids is 1. The molecule has 1 aliphatic rings. The Morgan fingerprint density at radius 1 is 0.321 bits per heavy atom. The topological polar surface area (TPSA) is 184 Å². The molecule has 18 heteroatoms. The number of rotatable bonds is 14. The van der Waals surface area contributed by atoms with Crippen molar-refractivity contribution in [1.82, 2.24) is 39.0 Å². The van der Waals surface area contributed by atoms with Gasteiger partial charge in [-0.1, -0.05) is 343 Å². The Bertz CT molecular complexity index is 8050. The number of aryl methyl sites for hydroxylation is 6. The van der Waals surface area contributed by atoms with Crippen LogP contribution in [0.4, 0.5) is 13.2 Å². The van der Waals surface area contributed by atoms with Gasteiger partial charge in [-0.25, -0.2) is 38.7 Å². The fourth-order valence-electron chi connectivity index (χ4n) is 17.7. The van der Waals surface area contributed by atoms with E-state index in [1.54, 1.807) is 30.3 Å². The molecule has 0 N–H and O–H groups in total. The zero-order valence-electron chi connectivity index (χ0n) is 78.6. The van der Waals surface area contributed by atoms with Crippen LogP contribution in [0.2, 0.25) is 0 Å². The number of aromatic nitrogens is 8. The molecule has 13 nitrogen and oxygen atoms in total. The van der Waals surface area contributed by atoms with Crippen LogP contribution in [0.5, 0.6) is 0 Å². The first-order valence-electron chi connectivity index (χ1n) is 44.7. The number of halogens is 3. The summed E-state index contributed by atoms with van der Waals surface area (Å²) in [4.78, 5) is 40.8. The van der Waals surface area contributed by atoms with Gasteiger partial charge in [-0.15, -0.1) is 0 Å². The molecule has 0 unspecified atom stereocenters. The summed E-state index contributed by atoms with van der Waals surface area (Å²) in [6.07, 6.45) is 1.07. The van der Waals surface area contributed by atoms with Gasteiger partial charge >= 0.3 is 103 Å². The predicted molar refractivity (Wildman–Crippen MR) is 536 cm³/mol. The van der Waals surface area contributed by atoms with Crippen molar-refractivity contribution in [2.75, 3.05) is 7.15 Å². The number of hydrogen-bond acceptors (Lipinski definition) is 11. The number of carbonyl (C=O) groups is 1. The van der Waals surface area contributed by atoms with E-state index in [1.165, 1.54) is 55.6 Å². The molecule has 0 fully saturated rings. The molecule has 0 bridgehead atoms. The molecule has 22 rings (SSSR count). The van der Waals surface area contributed by atoms with Gasteiger partial charge in [0.15, 0.2) is 40.8 Å². The minimum absolute atomic E-state index is 0. The smallest absolute Gasteiger partial charge is 1.00 e. The van der Waals surface area contributed by atoms with Crippen LogP contribution in [0.15, 0.2) is 376 Å². The second-order valence-electron chi connectivity index (χ2n) is 33.2. The van der Waals surface area contributed by atoms with Gasteiger partial charge in [0.1, 0.15) is 18.0 Å². The molecule has 0 spiro atoms. The molecule has 17 aromatic carbocycles. The van der Waals surface area contributed by atoms with Crippen molar-refractivity contribution in [3.63, 3.8) is 0 Å². The van der Waals surface area contributed by atoms with Crippen molar-refractivity contribution < 1.29 is 134 Å². The first-order valence-corrected chi connectivity index (χ1v) is 44.0. The van der Waals surface area contributed by atoms with Crippen LogP contribution in [0.25, 0.3) is 190 Å². The van der Waals surface area contributed by atoms with E-state index in [0.717, 1.165) is 134 Å². The second-order valence-corrected chi connectivity index (χ2v) is 33.2. The molecular weight excluding hydrogens is 1750 g/mol. The Hall–Kier alpha value is -14.2. The number of nitrogens with zero attached hydrogens (tertiary/aromatic N) is 10. The van der Waals surface area contributed by atoms with Gasteiger partial charge < -0.3 is 20.7 Å². The summed E-state index contributed by atoms with van der Waals surface area (Å²) in [5.74, 6) is 0.452. The van der Waals surface area contributed by atoms with Crippen molar-refractivity contribution >= 4 is 50.1 Å². The zero-order chi connectivity index (χ0) is 94.0. The number of benzene rings is 17. The molecule has 4 aromatic heterocycles. The van der Waals surface area contributed by atoms with E-state index in [0.29, 0.717) is 45.8 Å². The number of alkyl halides is 1. The first-order chi connectivity index (χ1) is 66.5. The second kappa shape index (κ2) is 43.2. The van der Waals surface area contributed by atoms with E-state index in [4.69, 9.17) is 26.4 Å². The molecule has 0 saturated carbocycles. The minimum Gasteiger partial charge on any atom is -1.00 e. The molecule has 654 valence electrons. The molecule has 0 radical (unpaired) electrons. The maximum absolute atomic E-state index is 15.8. The summed E-state index contributed by atoms with van der Waals surface area (Å²) < 4.78 is 51.1. The van der Waals surface area contributed by atoms with E-state index in [1.807, 2.05) is 140 Å². The predicted octanol–water partition coefficient (Wildman–Crippen LogP) is 22.5. The maximum atomic E-state index is 15.8. The van der Waals surface area contributed by atoms with Crippen LogP contribution in [0.1, 0.15) is 58.4 Å². The third-order valence-electron chi connectivity index (χ3n) is 24.2. The van der Waals surface area contributed by atoms with E-state index >= 15 is 8.78 Å². The number of hydrogen-bond donors (Lipinski definition) is 0. The maximum Gasteiger partial charge on any atom is 1.00 e. The summed E-state index contributed by atoms with van der Waals surface area (Å²) in [5.41, 5.74) is 31.7. The third-order valence-corrected chi connectivity index (χ3v) is 24.2. The average Bonchev–Trinajstić information content (AvgIpc) is 1.57. The summed E-state index contributed by atoms with van der Waals surface area (Å²) >= 11 is 0. The molecule has 0 amide bonds. The summed E-state index contributed by atoms with van der Waals surface area (Å²) in [6.45, 7) is 12.7. The summed E-state index contributed by atoms with van der Waals surface area (Å²) in [5, 5.41) is 34.3. The van der Waals surface area contributed by atoms with Crippen molar-refractivity contribution in [3.8, 4) is 159 Å². The zero-order valence-corrected chi connectivity index (χ0v) is 82.9. The van der Waals surface area contributed by atoms with Crippen LogP contribution >= 0.6 is 0 Å². The Labute approximate surface area is 880 Å². The molecule has 21 aromatic rings. The normalized spacial score (nSPS) is 11.0. The Morgan fingerprint density at radius 3 is 0.993 bits per heavy atom. The third kappa shape index (κ3) is 20.1. The molecular formula is C119H87F3K2N10O3. The summed E-state index contributed by atoms with van der Waals surface area (Å²) in [6, 6.07) is 132. The van der Waals surface area contributed by atoms with Gasteiger partial charge in [0, 0.05) is 54.9 Å². The van der Waals surface area contributed by atoms with Gasteiger partial charge in [0.05, 0.1) is 64.2 Å². The van der Waals surface area contributed by atoms with Gasteiger partial charge in [-0.3, -0.25) is 9.18 Å². The van der Waals surface area contributed by atoms with E-state index in [9.17, 15) is 14.9 Å². The van der Waals surface area contributed by atoms with Gasteiger partial charge in [0.25, 0.3) is 6.47 Å². The summed E-state index contributed by atoms with van der Waals surface area (Å²) in [7, 11) is -1.00. The van der Waals surface area contributed by atoms with Crippen molar-refractivity contribution in [3.05, 3.63) is 443 Å². The quantitative estimate of drug-likeness (QED) is 0.0437. The monoisotopic (exact) mass is 1840 g/mol. The number of fused-ring (bicyclic) bond motifs is 9. The number of nitriles is 2. The first kappa shape index (κ1) is 94.6. The van der Waals surface area contributed by atoms with Gasteiger partial charge in [-0.05, 0) is 181 Å². The van der Waals surface area contributed by atoms with Crippen LogP contribution in [0.3, 0.4) is 0 Å². The Kier molecular flexibility index (Phi) is 29.9. The van der Waals surface area contributed by atoms with Crippen molar-refractivity contribution in [2.24, 2.45) is 0 Å². The van der Waals surface area contributed by atoms with Crippen LogP contribution < -0.4 is 108 Å². The molecule has 4 heterocycles. The van der Waals surface area contributed by atoms with E-state index < -0.39 is 18.8 Å². The van der Waals surface area contributed by atoms with Crippen LogP contribution in [0, 0.1) is 75.8 Å². The fraction of sp³-hybridized carbons (Fsp3) is 0.0672. The van der Waals surface area contributed by atoms with Crippen LogP contribution in [-0.2, 0) is 16.1 Å². The molecule has 0 saturated heterocycles. The van der Waals surface area contributed by atoms with E-state index in [-0.39, 0.29) is 133 Å². The molecule has 1 aliphatic carbocycles.